The molecule has 0 atom stereocenters. The van der Waals surface area contributed by atoms with E-state index >= 15 is 0 Å². The first-order valence-corrected chi connectivity index (χ1v) is 9.18. The summed E-state index contributed by atoms with van der Waals surface area (Å²) in [5, 5.41) is 28.8. The Hall–Kier alpha value is -3.48. The molecule has 0 aliphatic rings. The zero-order valence-electron chi connectivity index (χ0n) is 15.5. The molecule has 3 rings (SSSR count). The number of ether oxygens (including phenoxy) is 1. The molecule has 1 amide bonds. The molecule has 0 saturated heterocycles. The van der Waals surface area contributed by atoms with E-state index in [0.717, 1.165) is 6.42 Å². The number of benzene rings is 1. The van der Waals surface area contributed by atoms with Crippen molar-refractivity contribution in [3.8, 4) is 17.3 Å². The molecule has 0 radical (unpaired) electrons. The highest BCUT2D eigenvalue weighted by molar-refractivity contribution is 9.10. The summed E-state index contributed by atoms with van der Waals surface area (Å²) < 4.78 is 11.4. The largest absolute Gasteiger partial charge is 0.503 e. The van der Waals surface area contributed by atoms with Gasteiger partial charge in [-0.15, -0.1) is 5.10 Å². The van der Waals surface area contributed by atoms with Gasteiger partial charge in [-0.05, 0) is 50.4 Å². The minimum atomic E-state index is -0.559. The first-order valence-electron chi connectivity index (χ1n) is 8.39. The van der Waals surface area contributed by atoms with Gasteiger partial charge in [0, 0.05) is 0 Å². The maximum atomic E-state index is 12.5. The molecule has 152 valence electrons. The van der Waals surface area contributed by atoms with Gasteiger partial charge in [-0.2, -0.15) is 9.78 Å². The van der Waals surface area contributed by atoms with Crippen molar-refractivity contribution < 1.29 is 19.3 Å². The second kappa shape index (κ2) is 8.68. The van der Waals surface area contributed by atoms with Crippen LogP contribution in [-0.4, -0.2) is 49.6 Å². The lowest BCUT2D eigenvalue weighted by atomic mass is 10.2. The van der Waals surface area contributed by atoms with Crippen molar-refractivity contribution in [2.45, 2.75) is 19.8 Å². The summed E-state index contributed by atoms with van der Waals surface area (Å²) in [5.41, 5.74) is 9.26. The van der Waals surface area contributed by atoms with Crippen LogP contribution in [0.3, 0.4) is 0 Å². The zero-order valence-corrected chi connectivity index (χ0v) is 17.0. The van der Waals surface area contributed by atoms with Crippen LogP contribution in [0.2, 0.25) is 0 Å². The molecule has 0 spiro atoms. The molecule has 0 fully saturated rings. The third-order valence-corrected chi connectivity index (χ3v) is 4.42. The van der Waals surface area contributed by atoms with Crippen LogP contribution in [0.25, 0.3) is 5.82 Å². The molecule has 0 unspecified atom stereocenters. The molecular weight excluding hydrogens is 448 g/mol. The summed E-state index contributed by atoms with van der Waals surface area (Å²) >= 11 is 3.22. The van der Waals surface area contributed by atoms with E-state index in [2.05, 4.69) is 51.7 Å². The van der Waals surface area contributed by atoms with Crippen LogP contribution >= 0.6 is 15.9 Å². The SMILES string of the molecule is CCCc1c(C(=O)NN=Cc2cc(Br)c(O)c(OC)c2)nnn1-c1nonc1N. The normalized spacial score (nSPS) is 11.1. The Bertz CT molecular complexity index is 1060. The third-order valence-electron chi connectivity index (χ3n) is 3.81. The quantitative estimate of drug-likeness (QED) is 0.345. The molecule has 2 heterocycles. The van der Waals surface area contributed by atoms with Crippen LogP contribution < -0.4 is 15.9 Å². The van der Waals surface area contributed by atoms with Crippen LogP contribution in [0.15, 0.2) is 26.3 Å². The van der Waals surface area contributed by atoms with Gasteiger partial charge in [0.05, 0.1) is 23.5 Å². The van der Waals surface area contributed by atoms with E-state index in [1.165, 1.54) is 18.0 Å². The van der Waals surface area contributed by atoms with Gasteiger partial charge in [0.2, 0.25) is 11.6 Å². The number of aromatic nitrogens is 5. The van der Waals surface area contributed by atoms with Crippen LogP contribution in [0.5, 0.6) is 11.5 Å². The molecule has 13 heteroatoms. The number of phenols is 1. The number of hydrogen-bond donors (Lipinski definition) is 3. The number of nitrogens with zero attached hydrogens (tertiary/aromatic N) is 6. The van der Waals surface area contributed by atoms with Crippen molar-refractivity contribution in [1.29, 1.82) is 0 Å². The number of hydrazone groups is 1. The standard InChI is InChI=1S/C16H17BrN8O4/c1-3-4-10-12(20-24-25(10)15-14(18)22-29-23-15)16(27)21-19-7-8-5-9(17)13(26)11(6-8)28-2/h5-7,26H,3-4H2,1-2H3,(H2,18,22)(H,21,27). The summed E-state index contributed by atoms with van der Waals surface area (Å²) in [6.07, 6.45) is 2.62. The average Bonchev–Trinajstić information content (AvgIpc) is 3.30. The van der Waals surface area contributed by atoms with Gasteiger partial charge in [-0.3, -0.25) is 4.79 Å². The molecule has 0 saturated carbocycles. The van der Waals surface area contributed by atoms with Gasteiger partial charge in [0.1, 0.15) is 0 Å². The van der Waals surface area contributed by atoms with E-state index < -0.39 is 5.91 Å². The Balaban J connectivity index is 1.81. The number of carbonyl (C=O) groups excluding carboxylic acids is 1. The van der Waals surface area contributed by atoms with Crippen molar-refractivity contribution in [2.75, 3.05) is 12.8 Å². The number of halogens is 1. The van der Waals surface area contributed by atoms with Crippen molar-refractivity contribution >= 4 is 33.9 Å². The maximum absolute atomic E-state index is 12.5. The number of methoxy groups -OCH3 is 1. The Morgan fingerprint density at radius 2 is 2.28 bits per heavy atom. The fourth-order valence-corrected chi connectivity index (χ4v) is 2.95. The second-order valence-electron chi connectivity index (χ2n) is 5.77. The van der Waals surface area contributed by atoms with E-state index in [9.17, 15) is 9.90 Å². The van der Waals surface area contributed by atoms with Gasteiger partial charge in [-0.25, -0.2) is 10.1 Å². The molecule has 12 nitrogen and oxygen atoms in total. The molecule has 0 bridgehead atoms. The zero-order chi connectivity index (χ0) is 21.0. The minimum absolute atomic E-state index is 0.0314. The lowest BCUT2D eigenvalue weighted by molar-refractivity contribution is 0.0949. The maximum Gasteiger partial charge on any atom is 0.293 e. The van der Waals surface area contributed by atoms with E-state index in [4.69, 9.17) is 10.5 Å². The van der Waals surface area contributed by atoms with Crippen LogP contribution in [0.4, 0.5) is 5.82 Å². The summed E-state index contributed by atoms with van der Waals surface area (Å²) in [5.74, 6) is -0.139. The number of nitrogens with one attached hydrogen (secondary N) is 1. The topological polar surface area (TPSA) is 167 Å². The molecule has 0 aliphatic carbocycles. The van der Waals surface area contributed by atoms with E-state index in [0.29, 0.717) is 22.2 Å². The second-order valence-corrected chi connectivity index (χ2v) is 6.63. The molecule has 1 aromatic carbocycles. The van der Waals surface area contributed by atoms with Gasteiger partial charge >= 0.3 is 0 Å². The number of anilines is 1. The predicted octanol–water partition coefficient (Wildman–Crippen LogP) is 1.43. The fourth-order valence-electron chi connectivity index (χ4n) is 2.49. The minimum Gasteiger partial charge on any atom is -0.503 e. The first kappa shape index (κ1) is 20.3. The smallest absolute Gasteiger partial charge is 0.293 e. The fraction of sp³-hybridized carbons (Fsp3) is 0.250. The Labute approximate surface area is 172 Å². The van der Waals surface area contributed by atoms with Gasteiger partial charge in [0.15, 0.2) is 17.2 Å². The van der Waals surface area contributed by atoms with Gasteiger partial charge < -0.3 is 15.6 Å². The van der Waals surface area contributed by atoms with Crippen LogP contribution in [0.1, 0.15) is 35.1 Å². The number of nitrogen functional groups attached to an aromatic ring is 1. The number of nitrogens with two attached hydrogens (primary N) is 1. The van der Waals surface area contributed by atoms with Crippen molar-refractivity contribution in [2.24, 2.45) is 5.10 Å². The highest BCUT2D eigenvalue weighted by atomic mass is 79.9. The number of rotatable bonds is 7. The molecule has 2 aromatic heterocycles. The number of phenolic OH excluding ortho intramolecular Hbond substituents is 1. The highest BCUT2D eigenvalue weighted by Crippen LogP contribution is 2.34. The highest BCUT2D eigenvalue weighted by Gasteiger charge is 2.23. The van der Waals surface area contributed by atoms with E-state index in [-0.39, 0.29) is 28.8 Å². The van der Waals surface area contributed by atoms with Crippen LogP contribution in [-0.2, 0) is 6.42 Å². The molecule has 29 heavy (non-hydrogen) atoms. The molecule has 4 N–H and O–H groups in total. The monoisotopic (exact) mass is 464 g/mol. The molecule has 3 aromatic rings. The van der Waals surface area contributed by atoms with Crippen molar-refractivity contribution in [3.63, 3.8) is 0 Å². The first-order chi connectivity index (χ1) is 14.0. The Morgan fingerprint density at radius 1 is 1.48 bits per heavy atom. The Kier molecular flexibility index (Phi) is 6.07. The molecular formula is C16H17BrN8O4. The van der Waals surface area contributed by atoms with Gasteiger partial charge in [0.25, 0.3) is 5.91 Å². The van der Waals surface area contributed by atoms with Crippen molar-refractivity contribution in [3.05, 3.63) is 33.6 Å². The third kappa shape index (κ3) is 4.18. The average molecular weight is 465 g/mol. The Morgan fingerprint density at radius 3 is 2.93 bits per heavy atom. The number of amides is 1. The summed E-state index contributed by atoms with van der Waals surface area (Å²) in [6.45, 7) is 1.94. The summed E-state index contributed by atoms with van der Waals surface area (Å²) in [6, 6.07) is 3.18. The van der Waals surface area contributed by atoms with E-state index in [1.807, 2.05) is 6.92 Å². The van der Waals surface area contributed by atoms with Crippen molar-refractivity contribution in [1.82, 2.24) is 30.7 Å². The predicted molar refractivity (Wildman–Crippen MR) is 105 cm³/mol. The van der Waals surface area contributed by atoms with E-state index in [1.54, 1.807) is 12.1 Å². The number of carbonyl (C=O) groups is 1. The molecule has 0 aliphatic heterocycles. The lowest BCUT2D eigenvalue weighted by Gasteiger charge is -2.06. The summed E-state index contributed by atoms with van der Waals surface area (Å²) in [7, 11) is 1.43. The van der Waals surface area contributed by atoms with Gasteiger partial charge in [-0.1, -0.05) is 18.6 Å². The number of hydrogen-bond acceptors (Lipinski definition) is 10. The summed E-state index contributed by atoms with van der Waals surface area (Å²) in [4.78, 5) is 12.5. The lowest BCUT2D eigenvalue weighted by Crippen LogP contribution is -2.20. The van der Waals surface area contributed by atoms with Crippen LogP contribution in [0, 0.1) is 0 Å². The number of aromatic hydroxyl groups is 1.